The van der Waals surface area contributed by atoms with Crippen molar-refractivity contribution < 1.29 is 0 Å². The first-order valence-electron chi connectivity index (χ1n) is 8.51. The van der Waals surface area contributed by atoms with E-state index in [0.29, 0.717) is 12.0 Å². The highest BCUT2D eigenvalue weighted by Crippen LogP contribution is 2.40. The minimum atomic E-state index is 0.669. The molecular weight excluding hydrogens is 280 g/mol. The summed E-state index contributed by atoms with van der Waals surface area (Å²) in [6.07, 6.45) is 6.79. The summed E-state index contributed by atoms with van der Waals surface area (Å²) in [7, 11) is 0. The number of likely N-dealkylation sites (tertiary alicyclic amines) is 1. The van der Waals surface area contributed by atoms with Crippen molar-refractivity contribution in [3.8, 4) is 0 Å². The van der Waals surface area contributed by atoms with Gasteiger partial charge >= 0.3 is 0 Å². The molecule has 1 heterocycles. The third-order valence-electron chi connectivity index (χ3n) is 5.56. The molecule has 1 aromatic carbocycles. The molecule has 1 unspecified atom stereocenters. The van der Waals surface area contributed by atoms with Crippen molar-refractivity contribution in [3.63, 3.8) is 0 Å². The van der Waals surface area contributed by atoms with Crippen LogP contribution in [0.1, 0.15) is 43.6 Å². The number of rotatable bonds is 5. The van der Waals surface area contributed by atoms with Gasteiger partial charge in [-0.1, -0.05) is 29.8 Å². The number of hydrogen-bond donors (Lipinski definition) is 1. The van der Waals surface area contributed by atoms with E-state index in [9.17, 15) is 0 Å². The second-order valence-corrected chi connectivity index (χ2v) is 7.58. The zero-order chi connectivity index (χ0) is 14.2. The summed E-state index contributed by atoms with van der Waals surface area (Å²) >= 11 is 6.29. The molecule has 1 N–H and O–H groups in total. The Morgan fingerprint density at radius 1 is 1.14 bits per heavy atom. The van der Waals surface area contributed by atoms with Crippen LogP contribution in [0.2, 0.25) is 5.02 Å². The average molecular weight is 305 g/mol. The van der Waals surface area contributed by atoms with Crippen molar-refractivity contribution in [2.45, 2.75) is 50.1 Å². The zero-order valence-corrected chi connectivity index (χ0v) is 13.4. The molecule has 114 valence electrons. The number of nitrogens with one attached hydrogen (secondary N) is 1. The zero-order valence-electron chi connectivity index (χ0n) is 12.6. The van der Waals surface area contributed by atoms with Crippen molar-refractivity contribution in [2.24, 2.45) is 5.92 Å². The maximum absolute atomic E-state index is 6.29. The molecule has 2 aliphatic carbocycles. The van der Waals surface area contributed by atoms with E-state index in [-0.39, 0.29) is 0 Å². The van der Waals surface area contributed by atoms with E-state index in [1.165, 1.54) is 57.3 Å². The largest absolute Gasteiger partial charge is 0.314 e. The Bertz CT molecular complexity index is 494. The Hall–Kier alpha value is -0.570. The van der Waals surface area contributed by atoms with E-state index in [4.69, 9.17) is 11.6 Å². The smallest absolute Gasteiger partial charge is 0.0440 e. The summed E-state index contributed by atoms with van der Waals surface area (Å²) < 4.78 is 0. The molecule has 0 aromatic heterocycles. The normalized spacial score (nSPS) is 33.1. The van der Waals surface area contributed by atoms with Crippen molar-refractivity contribution >= 4 is 11.6 Å². The summed E-state index contributed by atoms with van der Waals surface area (Å²) in [5.74, 6) is 1.55. The molecule has 0 amide bonds. The molecule has 1 aromatic rings. The van der Waals surface area contributed by atoms with Crippen LogP contribution in [0.5, 0.6) is 0 Å². The van der Waals surface area contributed by atoms with Gasteiger partial charge in [-0.2, -0.15) is 0 Å². The molecule has 3 fully saturated rings. The summed E-state index contributed by atoms with van der Waals surface area (Å²) in [4.78, 5) is 2.71. The molecule has 21 heavy (non-hydrogen) atoms. The van der Waals surface area contributed by atoms with Crippen LogP contribution in [0.25, 0.3) is 0 Å². The molecule has 2 nitrogen and oxygen atoms in total. The van der Waals surface area contributed by atoms with E-state index >= 15 is 0 Å². The number of benzene rings is 1. The maximum atomic E-state index is 6.29. The second-order valence-electron chi connectivity index (χ2n) is 7.18. The van der Waals surface area contributed by atoms with Crippen molar-refractivity contribution in [1.29, 1.82) is 0 Å². The van der Waals surface area contributed by atoms with Crippen molar-refractivity contribution in [2.75, 3.05) is 19.6 Å². The lowest BCUT2D eigenvalue weighted by molar-refractivity contribution is 0.268. The van der Waals surface area contributed by atoms with Gasteiger partial charge in [-0.25, -0.2) is 0 Å². The lowest BCUT2D eigenvalue weighted by Gasteiger charge is -2.37. The first kappa shape index (κ1) is 14.0. The molecule has 0 bridgehead atoms. The van der Waals surface area contributed by atoms with E-state index in [1.807, 2.05) is 12.1 Å². The fourth-order valence-corrected chi connectivity index (χ4v) is 4.27. The van der Waals surface area contributed by atoms with Crippen LogP contribution in [0.4, 0.5) is 0 Å². The first-order chi connectivity index (χ1) is 10.3. The highest BCUT2D eigenvalue weighted by atomic mass is 35.5. The highest BCUT2D eigenvalue weighted by molar-refractivity contribution is 6.31. The minimum Gasteiger partial charge on any atom is -0.314 e. The van der Waals surface area contributed by atoms with Crippen LogP contribution in [-0.2, 0) is 0 Å². The second kappa shape index (κ2) is 5.91. The predicted molar refractivity (Wildman–Crippen MR) is 87.9 cm³/mol. The molecule has 0 radical (unpaired) electrons. The molecule has 1 aliphatic heterocycles. The van der Waals surface area contributed by atoms with Gasteiger partial charge in [0.25, 0.3) is 0 Å². The van der Waals surface area contributed by atoms with Gasteiger partial charge in [0.15, 0.2) is 0 Å². The van der Waals surface area contributed by atoms with Gasteiger partial charge in [0.05, 0.1) is 0 Å². The van der Waals surface area contributed by atoms with Crippen LogP contribution in [0.15, 0.2) is 24.3 Å². The summed E-state index contributed by atoms with van der Waals surface area (Å²) in [5, 5.41) is 4.73. The minimum absolute atomic E-state index is 0.669. The summed E-state index contributed by atoms with van der Waals surface area (Å²) in [6.45, 7) is 3.88. The van der Waals surface area contributed by atoms with E-state index in [1.54, 1.807) is 0 Å². The molecular formula is C18H25ClN2. The Kier molecular flexibility index (Phi) is 3.95. The fraction of sp³-hybridized carbons (Fsp3) is 0.667. The van der Waals surface area contributed by atoms with Crippen molar-refractivity contribution in [3.05, 3.63) is 34.9 Å². The number of nitrogens with zero attached hydrogens (tertiary/aromatic N) is 1. The molecule has 4 rings (SSSR count). The highest BCUT2D eigenvalue weighted by Gasteiger charge is 2.35. The monoisotopic (exact) mass is 304 g/mol. The van der Waals surface area contributed by atoms with Gasteiger partial charge < -0.3 is 10.2 Å². The fourth-order valence-electron chi connectivity index (χ4n) is 3.98. The molecule has 1 atom stereocenters. The van der Waals surface area contributed by atoms with Gasteiger partial charge in [0.2, 0.25) is 0 Å². The molecule has 3 heteroatoms. The standard InChI is InChI=1S/C18H25ClN2/c19-18-4-2-1-3-17(18)14-9-15(10-14)20-11-13-7-8-21(12-13)16-5-6-16/h1-4,13-16,20H,5-12H2. The van der Waals surface area contributed by atoms with Gasteiger partial charge in [-0.05, 0) is 68.7 Å². The summed E-state index contributed by atoms with van der Waals surface area (Å²) in [6, 6.07) is 9.99. The predicted octanol–water partition coefficient (Wildman–Crippen LogP) is 3.66. The van der Waals surface area contributed by atoms with Crippen LogP contribution < -0.4 is 5.32 Å². The quantitative estimate of drug-likeness (QED) is 0.893. The third-order valence-corrected chi connectivity index (χ3v) is 5.90. The molecule has 1 saturated heterocycles. The molecule has 0 spiro atoms. The lowest BCUT2D eigenvalue weighted by atomic mass is 9.75. The van der Waals surface area contributed by atoms with Gasteiger partial charge in [0.1, 0.15) is 0 Å². The van der Waals surface area contributed by atoms with Crippen molar-refractivity contribution in [1.82, 2.24) is 10.2 Å². The third kappa shape index (κ3) is 3.13. The topological polar surface area (TPSA) is 15.3 Å². The average Bonchev–Trinajstić information content (AvgIpc) is 3.19. The van der Waals surface area contributed by atoms with Crippen LogP contribution in [0.3, 0.4) is 0 Å². The Morgan fingerprint density at radius 2 is 1.95 bits per heavy atom. The van der Waals surface area contributed by atoms with E-state index < -0.39 is 0 Å². The lowest BCUT2D eigenvalue weighted by Crippen LogP contribution is -2.42. The first-order valence-corrected chi connectivity index (χ1v) is 8.89. The van der Waals surface area contributed by atoms with Crippen LogP contribution >= 0.6 is 11.6 Å². The van der Waals surface area contributed by atoms with Gasteiger partial charge in [-0.3, -0.25) is 0 Å². The Balaban J connectivity index is 1.20. The van der Waals surface area contributed by atoms with Crippen LogP contribution in [-0.4, -0.2) is 36.6 Å². The Morgan fingerprint density at radius 3 is 2.71 bits per heavy atom. The number of hydrogen-bond acceptors (Lipinski definition) is 2. The maximum Gasteiger partial charge on any atom is 0.0440 e. The van der Waals surface area contributed by atoms with Gasteiger partial charge in [-0.15, -0.1) is 0 Å². The number of halogens is 1. The van der Waals surface area contributed by atoms with Crippen LogP contribution in [0, 0.1) is 5.92 Å². The summed E-state index contributed by atoms with van der Waals surface area (Å²) in [5.41, 5.74) is 1.35. The molecule has 3 aliphatic rings. The van der Waals surface area contributed by atoms with E-state index in [0.717, 1.165) is 17.0 Å². The Labute approximate surface area is 132 Å². The SMILES string of the molecule is Clc1ccccc1C1CC(NCC2CCN(C3CC3)C2)C1. The van der Waals surface area contributed by atoms with E-state index in [2.05, 4.69) is 22.3 Å². The van der Waals surface area contributed by atoms with Gasteiger partial charge in [0, 0.05) is 23.7 Å². The molecule has 2 saturated carbocycles.